The minimum absolute atomic E-state index is 0.0276. The Bertz CT molecular complexity index is 1030. The lowest BCUT2D eigenvalue weighted by Crippen LogP contribution is -2.70. The minimum atomic E-state index is -0.474. The van der Waals surface area contributed by atoms with E-state index in [-0.39, 0.29) is 29.1 Å². The van der Waals surface area contributed by atoms with Crippen molar-refractivity contribution in [3.63, 3.8) is 0 Å². The van der Waals surface area contributed by atoms with Crippen LogP contribution in [0.1, 0.15) is 48.5 Å². The van der Waals surface area contributed by atoms with Crippen molar-refractivity contribution >= 4 is 29.1 Å². The van der Waals surface area contributed by atoms with Crippen molar-refractivity contribution < 1.29 is 9.59 Å². The molecule has 6 heteroatoms. The highest BCUT2D eigenvalue weighted by atomic mass is 35.5. The SMILES string of the molecule is C[C@@]12CC[C@H](C[C@@H]1C(=O)NCc1ccccc1Cl)[C@]1(C2)NC(=O)c2ccccc2N1. The molecule has 3 fully saturated rings. The molecule has 2 amide bonds. The molecule has 0 radical (unpaired) electrons. The highest BCUT2D eigenvalue weighted by Gasteiger charge is 2.60. The van der Waals surface area contributed by atoms with Gasteiger partial charge in [-0.2, -0.15) is 0 Å². The largest absolute Gasteiger partial charge is 0.362 e. The smallest absolute Gasteiger partial charge is 0.255 e. The monoisotopic (exact) mass is 423 g/mol. The van der Waals surface area contributed by atoms with E-state index >= 15 is 0 Å². The maximum Gasteiger partial charge on any atom is 0.255 e. The Kier molecular flexibility index (Phi) is 4.55. The second-order valence-electron chi connectivity index (χ2n) is 9.26. The summed E-state index contributed by atoms with van der Waals surface area (Å²) in [4.78, 5) is 26.0. The molecule has 4 atom stereocenters. The molecular formula is C24H26ClN3O2. The molecule has 1 aliphatic heterocycles. The number of rotatable bonds is 3. The number of hydrogen-bond donors (Lipinski definition) is 3. The van der Waals surface area contributed by atoms with Gasteiger partial charge in [0.05, 0.1) is 5.56 Å². The van der Waals surface area contributed by atoms with Crippen LogP contribution in [0.2, 0.25) is 5.02 Å². The molecular weight excluding hydrogens is 398 g/mol. The van der Waals surface area contributed by atoms with Crippen molar-refractivity contribution in [2.75, 3.05) is 5.32 Å². The number of nitrogens with one attached hydrogen (secondary N) is 3. The Balaban J connectivity index is 1.35. The van der Waals surface area contributed by atoms with Gasteiger partial charge in [-0.25, -0.2) is 0 Å². The first-order chi connectivity index (χ1) is 14.4. The quantitative estimate of drug-likeness (QED) is 0.688. The summed E-state index contributed by atoms with van der Waals surface area (Å²) in [6.07, 6.45) is 3.50. The lowest BCUT2D eigenvalue weighted by Gasteiger charge is -2.60. The van der Waals surface area contributed by atoms with Crippen LogP contribution in [0.15, 0.2) is 48.5 Å². The third-order valence-corrected chi connectivity index (χ3v) is 7.77. The average Bonchev–Trinajstić information content (AvgIpc) is 2.72. The molecule has 4 aliphatic rings. The van der Waals surface area contributed by atoms with Crippen LogP contribution >= 0.6 is 11.6 Å². The predicted octanol–water partition coefficient (Wildman–Crippen LogP) is 4.33. The van der Waals surface area contributed by atoms with Gasteiger partial charge in [0, 0.05) is 29.1 Å². The third-order valence-electron chi connectivity index (χ3n) is 7.40. The average molecular weight is 424 g/mol. The van der Waals surface area contributed by atoms with Gasteiger partial charge in [-0.05, 0) is 54.9 Å². The Morgan fingerprint density at radius 3 is 2.73 bits per heavy atom. The zero-order chi connectivity index (χ0) is 20.9. The Morgan fingerprint density at radius 2 is 1.93 bits per heavy atom. The highest BCUT2D eigenvalue weighted by molar-refractivity contribution is 6.31. The van der Waals surface area contributed by atoms with E-state index in [2.05, 4.69) is 22.9 Å². The molecule has 3 N–H and O–H groups in total. The molecule has 6 rings (SSSR count). The summed E-state index contributed by atoms with van der Waals surface area (Å²) in [7, 11) is 0. The summed E-state index contributed by atoms with van der Waals surface area (Å²) in [6, 6.07) is 15.2. The molecule has 3 aliphatic carbocycles. The van der Waals surface area contributed by atoms with E-state index in [4.69, 9.17) is 11.6 Å². The van der Waals surface area contributed by atoms with Gasteiger partial charge < -0.3 is 16.0 Å². The standard InChI is InChI=1S/C24H26ClN3O2/c1-23-11-10-16(12-18(23)22(30)26-13-15-6-2-4-8-19(15)25)24(14-23)27-20-9-5-3-7-17(20)21(29)28-24/h2-9,16,18,27H,10-14H2,1H3,(H,26,30)(H,28,29)/t16-,18-,23+,24+/m1/s1. The molecule has 0 aromatic heterocycles. The van der Waals surface area contributed by atoms with E-state index in [9.17, 15) is 9.59 Å². The Labute approximate surface area is 181 Å². The topological polar surface area (TPSA) is 70.2 Å². The van der Waals surface area contributed by atoms with Gasteiger partial charge in [0.1, 0.15) is 5.66 Å². The lowest BCUT2D eigenvalue weighted by molar-refractivity contribution is -0.139. The second-order valence-corrected chi connectivity index (χ2v) is 9.67. The Hall–Kier alpha value is -2.53. The highest BCUT2D eigenvalue weighted by Crippen LogP contribution is 2.58. The predicted molar refractivity (Wildman–Crippen MR) is 117 cm³/mol. The lowest BCUT2D eigenvalue weighted by atomic mass is 9.51. The fourth-order valence-corrected chi connectivity index (χ4v) is 6.00. The van der Waals surface area contributed by atoms with Crippen LogP contribution in [0, 0.1) is 17.3 Å². The number of amides is 2. The third kappa shape index (κ3) is 3.07. The van der Waals surface area contributed by atoms with Crippen molar-refractivity contribution in [1.29, 1.82) is 0 Å². The number of carbonyl (C=O) groups is 2. The molecule has 2 aromatic rings. The van der Waals surface area contributed by atoms with Crippen LogP contribution in [-0.2, 0) is 11.3 Å². The zero-order valence-corrected chi connectivity index (χ0v) is 17.8. The summed E-state index contributed by atoms with van der Waals surface area (Å²) < 4.78 is 0. The molecule has 1 spiro atoms. The Morgan fingerprint density at radius 1 is 1.17 bits per heavy atom. The van der Waals surface area contributed by atoms with Crippen molar-refractivity contribution in [3.8, 4) is 0 Å². The summed E-state index contributed by atoms with van der Waals surface area (Å²) in [5.74, 6) is 0.202. The molecule has 2 aromatic carbocycles. The first-order valence-electron chi connectivity index (χ1n) is 10.6. The van der Waals surface area contributed by atoms with E-state index in [0.29, 0.717) is 17.1 Å². The molecule has 30 heavy (non-hydrogen) atoms. The van der Waals surface area contributed by atoms with Crippen LogP contribution in [0.5, 0.6) is 0 Å². The fourth-order valence-electron chi connectivity index (χ4n) is 5.80. The summed E-state index contributed by atoms with van der Waals surface area (Å²) in [5.41, 5.74) is 1.85. The molecule has 3 saturated carbocycles. The molecule has 0 unspecified atom stereocenters. The van der Waals surface area contributed by atoms with Crippen molar-refractivity contribution in [2.45, 2.75) is 44.8 Å². The molecule has 2 bridgehead atoms. The van der Waals surface area contributed by atoms with Gasteiger partial charge in [0.15, 0.2) is 0 Å². The van der Waals surface area contributed by atoms with Gasteiger partial charge >= 0.3 is 0 Å². The van der Waals surface area contributed by atoms with Crippen molar-refractivity contribution in [1.82, 2.24) is 10.6 Å². The normalized spacial score (nSPS) is 31.6. The molecule has 1 heterocycles. The number of hydrogen-bond acceptors (Lipinski definition) is 3. The number of benzene rings is 2. The van der Waals surface area contributed by atoms with E-state index < -0.39 is 5.66 Å². The van der Waals surface area contributed by atoms with Gasteiger partial charge in [0.2, 0.25) is 5.91 Å². The zero-order valence-electron chi connectivity index (χ0n) is 17.0. The van der Waals surface area contributed by atoms with E-state index in [0.717, 1.165) is 36.9 Å². The van der Waals surface area contributed by atoms with E-state index in [1.807, 2.05) is 48.5 Å². The number of para-hydroxylation sites is 1. The van der Waals surface area contributed by atoms with Crippen molar-refractivity contribution in [3.05, 3.63) is 64.7 Å². The fraction of sp³-hybridized carbons (Fsp3) is 0.417. The number of anilines is 1. The van der Waals surface area contributed by atoms with Gasteiger partial charge in [0.25, 0.3) is 5.91 Å². The molecule has 5 nitrogen and oxygen atoms in total. The van der Waals surface area contributed by atoms with E-state index in [1.54, 1.807) is 0 Å². The van der Waals surface area contributed by atoms with Crippen LogP contribution in [0.3, 0.4) is 0 Å². The van der Waals surface area contributed by atoms with Crippen LogP contribution in [0.25, 0.3) is 0 Å². The summed E-state index contributed by atoms with van der Waals surface area (Å²) >= 11 is 6.24. The van der Waals surface area contributed by atoms with Crippen molar-refractivity contribution in [2.24, 2.45) is 17.3 Å². The van der Waals surface area contributed by atoms with Gasteiger partial charge in [-0.1, -0.05) is 48.9 Å². The number of halogens is 1. The van der Waals surface area contributed by atoms with Crippen LogP contribution in [-0.4, -0.2) is 17.5 Å². The first kappa shape index (κ1) is 19.4. The minimum Gasteiger partial charge on any atom is -0.362 e. The maximum atomic E-state index is 13.1. The molecule has 0 saturated heterocycles. The van der Waals surface area contributed by atoms with Gasteiger partial charge in [-0.15, -0.1) is 0 Å². The molecule has 156 valence electrons. The van der Waals surface area contributed by atoms with Crippen LogP contribution < -0.4 is 16.0 Å². The summed E-state index contributed by atoms with van der Waals surface area (Å²) in [6.45, 7) is 2.63. The number of fused-ring (bicyclic) bond motifs is 3. The number of carbonyl (C=O) groups excluding carboxylic acids is 2. The summed E-state index contributed by atoms with van der Waals surface area (Å²) in [5, 5.41) is 10.7. The second kappa shape index (κ2) is 7.02. The first-order valence-corrected chi connectivity index (χ1v) is 11.0. The van der Waals surface area contributed by atoms with E-state index in [1.165, 1.54) is 0 Å². The van der Waals surface area contributed by atoms with Gasteiger partial charge in [-0.3, -0.25) is 9.59 Å². The maximum absolute atomic E-state index is 13.1. The van der Waals surface area contributed by atoms with Crippen LogP contribution in [0.4, 0.5) is 5.69 Å².